The predicted molar refractivity (Wildman–Crippen MR) is 79.4 cm³/mol. The third-order valence-corrected chi connectivity index (χ3v) is 3.58. The zero-order valence-corrected chi connectivity index (χ0v) is 12.9. The van der Waals surface area contributed by atoms with E-state index in [9.17, 15) is 9.18 Å². The molecule has 0 aliphatic rings. The van der Waals surface area contributed by atoms with Gasteiger partial charge < -0.3 is 14.5 Å². The molecule has 1 aromatic heterocycles. The van der Waals surface area contributed by atoms with Crippen LogP contribution in [0.2, 0.25) is 0 Å². The number of rotatable bonds is 7. The van der Waals surface area contributed by atoms with E-state index in [2.05, 4.69) is 21.2 Å². The van der Waals surface area contributed by atoms with Crippen LogP contribution >= 0.6 is 15.9 Å². The molecule has 1 aromatic carbocycles. The largest absolute Gasteiger partial charge is 0.467 e. The Morgan fingerprint density at radius 2 is 2.19 bits per heavy atom. The third kappa shape index (κ3) is 4.68. The minimum Gasteiger partial charge on any atom is -0.467 e. The predicted octanol–water partition coefficient (Wildman–Crippen LogP) is 3.52. The Kier molecular flexibility index (Phi) is 5.95. The van der Waals surface area contributed by atoms with E-state index in [0.717, 1.165) is 5.76 Å². The smallest absolute Gasteiger partial charge is 0.252 e. The minimum absolute atomic E-state index is 0.177. The van der Waals surface area contributed by atoms with E-state index in [0.29, 0.717) is 26.2 Å². The molecule has 0 fully saturated rings. The number of benzene rings is 1. The number of hydrogen-bond donors (Lipinski definition) is 1. The van der Waals surface area contributed by atoms with Crippen molar-refractivity contribution in [2.24, 2.45) is 0 Å². The first-order valence-electron chi connectivity index (χ1n) is 6.51. The van der Waals surface area contributed by atoms with Crippen LogP contribution in [0.3, 0.4) is 0 Å². The first-order chi connectivity index (χ1) is 10.2. The first kappa shape index (κ1) is 15.7. The van der Waals surface area contributed by atoms with E-state index >= 15 is 0 Å². The van der Waals surface area contributed by atoms with Gasteiger partial charge >= 0.3 is 0 Å². The fraction of sp³-hybridized carbons (Fsp3) is 0.267. The van der Waals surface area contributed by atoms with Crippen molar-refractivity contribution in [3.63, 3.8) is 0 Å². The summed E-state index contributed by atoms with van der Waals surface area (Å²) in [5.41, 5.74) is 0.284. The van der Waals surface area contributed by atoms with E-state index in [4.69, 9.17) is 9.15 Å². The van der Waals surface area contributed by atoms with Crippen molar-refractivity contribution >= 4 is 21.8 Å². The summed E-state index contributed by atoms with van der Waals surface area (Å²) in [6.45, 7) is 1.38. The maximum atomic E-state index is 13.3. The molecule has 0 saturated carbocycles. The van der Waals surface area contributed by atoms with Crippen molar-refractivity contribution in [1.82, 2.24) is 5.32 Å². The van der Waals surface area contributed by atoms with E-state index in [1.807, 2.05) is 6.07 Å². The topological polar surface area (TPSA) is 51.5 Å². The van der Waals surface area contributed by atoms with Crippen LogP contribution in [0.5, 0.6) is 0 Å². The lowest BCUT2D eigenvalue weighted by Gasteiger charge is -2.07. The van der Waals surface area contributed by atoms with Crippen LogP contribution in [0.1, 0.15) is 22.5 Å². The summed E-state index contributed by atoms with van der Waals surface area (Å²) in [6.07, 6.45) is 2.26. The molecule has 6 heteroatoms. The van der Waals surface area contributed by atoms with Crippen LogP contribution < -0.4 is 5.32 Å². The van der Waals surface area contributed by atoms with Gasteiger partial charge in [0.1, 0.15) is 18.2 Å². The minimum atomic E-state index is -0.454. The second-order valence-electron chi connectivity index (χ2n) is 4.34. The lowest BCUT2D eigenvalue weighted by molar-refractivity contribution is 0.0916. The van der Waals surface area contributed by atoms with Gasteiger partial charge in [0, 0.05) is 13.2 Å². The molecule has 21 heavy (non-hydrogen) atoms. The molecule has 4 nitrogen and oxygen atoms in total. The Bertz CT molecular complexity index is 587. The summed E-state index contributed by atoms with van der Waals surface area (Å²) in [6, 6.07) is 8.00. The zero-order valence-electron chi connectivity index (χ0n) is 11.3. The molecule has 0 saturated heterocycles. The number of hydrogen-bond acceptors (Lipinski definition) is 3. The van der Waals surface area contributed by atoms with Gasteiger partial charge in [-0.1, -0.05) is 6.07 Å². The van der Waals surface area contributed by atoms with Crippen LogP contribution in [0, 0.1) is 5.82 Å². The van der Waals surface area contributed by atoms with Crippen LogP contribution in [0.15, 0.2) is 45.5 Å². The monoisotopic (exact) mass is 355 g/mol. The number of carbonyl (C=O) groups is 1. The van der Waals surface area contributed by atoms with Gasteiger partial charge in [0.15, 0.2) is 0 Å². The Hall–Kier alpha value is -1.66. The number of amides is 1. The Morgan fingerprint density at radius 1 is 1.33 bits per heavy atom. The van der Waals surface area contributed by atoms with Crippen molar-refractivity contribution < 1.29 is 18.3 Å². The van der Waals surface area contributed by atoms with E-state index in [1.165, 1.54) is 12.1 Å². The number of nitrogens with one attached hydrogen (secondary N) is 1. The maximum Gasteiger partial charge on any atom is 0.252 e. The molecule has 0 atom stereocenters. The molecule has 112 valence electrons. The second kappa shape index (κ2) is 7.95. The molecule has 2 aromatic rings. The molecule has 2 rings (SSSR count). The van der Waals surface area contributed by atoms with Crippen LogP contribution in [-0.2, 0) is 11.3 Å². The van der Waals surface area contributed by atoms with Gasteiger partial charge in [0.25, 0.3) is 5.91 Å². The molecule has 0 radical (unpaired) electrons. The van der Waals surface area contributed by atoms with E-state index in [1.54, 1.807) is 18.4 Å². The summed E-state index contributed by atoms with van der Waals surface area (Å²) in [7, 11) is 0. The van der Waals surface area contributed by atoms with Crippen molar-refractivity contribution in [2.75, 3.05) is 13.2 Å². The number of ether oxygens (including phenoxy) is 1. The molecule has 0 aliphatic carbocycles. The molecule has 0 unspecified atom stereocenters. The van der Waals surface area contributed by atoms with Crippen LogP contribution in [0.4, 0.5) is 4.39 Å². The van der Waals surface area contributed by atoms with Gasteiger partial charge in [-0.15, -0.1) is 0 Å². The molecule has 0 aliphatic heterocycles. The first-order valence-corrected chi connectivity index (χ1v) is 7.30. The Labute approximate surface area is 130 Å². The third-order valence-electron chi connectivity index (χ3n) is 2.77. The van der Waals surface area contributed by atoms with Crippen LogP contribution in [0.25, 0.3) is 0 Å². The molecule has 1 amide bonds. The van der Waals surface area contributed by atoms with Gasteiger partial charge in [-0.25, -0.2) is 4.39 Å². The summed E-state index contributed by atoms with van der Waals surface area (Å²) >= 11 is 3.07. The van der Waals surface area contributed by atoms with Crippen molar-refractivity contribution in [3.8, 4) is 0 Å². The average molecular weight is 356 g/mol. The van der Waals surface area contributed by atoms with Gasteiger partial charge in [-0.05, 0) is 46.6 Å². The summed E-state index contributed by atoms with van der Waals surface area (Å²) in [4.78, 5) is 11.9. The van der Waals surface area contributed by atoms with Crippen molar-refractivity contribution in [3.05, 3.63) is 58.2 Å². The van der Waals surface area contributed by atoms with Crippen molar-refractivity contribution in [2.45, 2.75) is 13.0 Å². The number of carbonyl (C=O) groups excluding carboxylic acids is 1. The molecular formula is C15H15BrFNO3. The quantitative estimate of drug-likeness (QED) is 0.773. The number of furan rings is 1. The highest BCUT2D eigenvalue weighted by Crippen LogP contribution is 2.20. The normalized spacial score (nSPS) is 10.6. The fourth-order valence-electron chi connectivity index (χ4n) is 1.72. The van der Waals surface area contributed by atoms with E-state index < -0.39 is 5.82 Å². The second-order valence-corrected chi connectivity index (χ2v) is 5.14. The molecule has 0 spiro atoms. The highest BCUT2D eigenvalue weighted by atomic mass is 79.9. The maximum absolute atomic E-state index is 13.3. The van der Waals surface area contributed by atoms with Crippen molar-refractivity contribution in [1.29, 1.82) is 0 Å². The SMILES string of the molecule is O=C(NCCCOCc1ccco1)c1cccc(F)c1Br. The van der Waals surface area contributed by atoms with Gasteiger partial charge in [0.2, 0.25) is 0 Å². The van der Waals surface area contributed by atoms with Gasteiger partial charge in [-0.3, -0.25) is 4.79 Å². The average Bonchev–Trinajstić information content (AvgIpc) is 2.98. The highest BCUT2D eigenvalue weighted by molar-refractivity contribution is 9.10. The molecule has 0 bridgehead atoms. The molecular weight excluding hydrogens is 341 g/mol. The lowest BCUT2D eigenvalue weighted by atomic mass is 10.2. The lowest BCUT2D eigenvalue weighted by Crippen LogP contribution is -2.25. The zero-order chi connectivity index (χ0) is 15.1. The van der Waals surface area contributed by atoms with Gasteiger partial charge in [0.05, 0.1) is 16.3 Å². The molecule has 1 N–H and O–H groups in total. The summed E-state index contributed by atoms with van der Waals surface area (Å²) in [5, 5.41) is 2.72. The Balaban J connectivity index is 1.66. The highest BCUT2D eigenvalue weighted by Gasteiger charge is 2.12. The van der Waals surface area contributed by atoms with E-state index in [-0.39, 0.29) is 15.9 Å². The fourth-order valence-corrected chi connectivity index (χ4v) is 2.16. The summed E-state index contributed by atoms with van der Waals surface area (Å²) < 4.78 is 24.0. The molecule has 1 heterocycles. The van der Waals surface area contributed by atoms with Gasteiger partial charge in [-0.2, -0.15) is 0 Å². The standard InChI is InChI=1S/C15H15BrFNO3/c16-14-12(5-1-6-13(14)17)15(19)18-7-3-8-20-10-11-4-2-9-21-11/h1-2,4-6,9H,3,7-8,10H2,(H,18,19). The Morgan fingerprint density at radius 3 is 2.95 bits per heavy atom. The van der Waals surface area contributed by atoms with Crippen LogP contribution in [-0.4, -0.2) is 19.1 Å². The number of halogens is 2. The summed E-state index contributed by atoms with van der Waals surface area (Å²) in [5.74, 6) is -0.000400.